The molecule has 0 saturated carbocycles. The maximum Gasteiger partial charge on any atom is 0.416 e. The zero-order valence-corrected chi connectivity index (χ0v) is 16.6. The second kappa shape index (κ2) is 7.82. The highest BCUT2D eigenvalue weighted by atomic mass is 19.4. The minimum absolute atomic E-state index is 0.0987. The van der Waals surface area contributed by atoms with E-state index >= 15 is 0 Å². The van der Waals surface area contributed by atoms with E-state index in [4.69, 9.17) is 0 Å². The van der Waals surface area contributed by atoms with Crippen LogP contribution in [0.2, 0.25) is 0 Å². The number of hydrogen-bond acceptors (Lipinski definition) is 6. The molecule has 1 amide bonds. The molecule has 3 aromatic heterocycles. The number of anilines is 1. The summed E-state index contributed by atoms with van der Waals surface area (Å²) in [5, 5.41) is 20.8. The Bertz CT molecular complexity index is 1460. The Kier molecular flexibility index (Phi) is 4.81. The molecule has 0 saturated heterocycles. The number of halogens is 3. The number of amides is 1. The second-order valence-electron chi connectivity index (χ2n) is 6.97. The molecule has 2 aromatic carbocycles. The number of nitrogens with zero attached hydrogens (tertiary/aromatic N) is 6. The van der Waals surface area contributed by atoms with Gasteiger partial charge >= 0.3 is 6.18 Å². The third kappa shape index (κ3) is 3.89. The number of aromatic nitrogens is 7. The van der Waals surface area contributed by atoms with E-state index in [1.54, 1.807) is 41.2 Å². The Hall–Kier alpha value is -4.61. The van der Waals surface area contributed by atoms with Crippen molar-refractivity contribution in [2.75, 3.05) is 5.32 Å². The lowest BCUT2D eigenvalue weighted by Crippen LogP contribution is -2.14. The number of hydrogen-bond donors (Lipinski definition) is 2. The summed E-state index contributed by atoms with van der Waals surface area (Å²) in [6.07, 6.45) is -1.37. The zero-order chi connectivity index (χ0) is 23.0. The van der Waals surface area contributed by atoms with Gasteiger partial charge in [0, 0.05) is 23.0 Å². The van der Waals surface area contributed by atoms with Crippen molar-refractivity contribution in [3.8, 4) is 22.6 Å². The Morgan fingerprint density at radius 3 is 2.70 bits per heavy atom. The largest absolute Gasteiger partial charge is 0.416 e. The smallest absolute Gasteiger partial charge is 0.322 e. The molecule has 5 rings (SSSR count). The van der Waals surface area contributed by atoms with Crippen molar-refractivity contribution in [3.63, 3.8) is 0 Å². The van der Waals surface area contributed by atoms with Gasteiger partial charge in [0.2, 0.25) is 5.82 Å². The normalized spacial score (nSPS) is 11.6. The summed E-state index contributed by atoms with van der Waals surface area (Å²) in [6.45, 7) is 0. The van der Waals surface area contributed by atoms with Gasteiger partial charge < -0.3 is 5.32 Å². The molecule has 0 spiro atoms. The van der Waals surface area contributed by atoms with Crippen LogP contribution in [0, 0.1) is 0 Å². The molecule has 9 nitrogen and oxygen atoms in total. The lowest BCUT2D eigenvalue weighted by atomic mass is 10.1. The molecule has 164 valence electrons. The maximum atomic E-state index is 13.0. The van der Waals surface area contributed by atoms with Crippen molar-refractivity contribution < 1.29 is 18.0 Å². The monoisotopic (exact) mass is 450 g/mol. The molecule has 2 N–H and O–H groups in total. The number of nitrogens with one attached hydrogen (secondary N) is 2. The minimum atomic E-state index is -4.53. The summed E-state index contributed by atoms with van der Waals surface area (Å²) >= 11 is 0. The van der Waals surface area contributed by atoms with Crippen LogP contribution in [0.3, 0.4) is 0 Å². The topological polar surface area (TPSA) is 114 Å². The van der Waals surface area contributed by atoms with E-state index in [0.29, 0.717) is 34.0 Å². The summed E-state index contributed by atoms with van der Waals surface area (Å²) in [7, 11) is 0. The predicted octanol–water partition coefficient (Wildman–Crippen LogP) is 3.85. The van der Waals surface area contributed by atoms with Gasteiger partial charge in [0.1, 0.15) is 0 Å². The van der Waals surface area contributed by atoms with Crippen LogP contribution in [-0.4, -0.2) is 41.1 Å². The van der Waals surface area contributed by atoms with Crippen LogP contribution in [0.5, 0.6) is 0 Å². The number of tetrazole rings is 1. The molecule has 33 heavy (non-hydrogen) atoms. The van der Waals surface area contributed by atoms with Gasteiger partial charge in [0.25, 0.3) is 5.91 Å². The van der Waals surface area contributed by atoms with Gasteiger partial charge in [0.15, 0.2) is 5.65 Å². The number of alkyl halides is 3. The number of rotatable bonds is 4. The molecule has 3 heterocycles. The Labute approximate surface area is 183 Å². The molecule has 0 unspecified atom stereocenters. The molecule has 0 aliphatic carbocycles. The molecular weight excluding hydrogens is 437 g/mol. The molecule has 0 aliphatic rings. The van der Waals surface area contributed by atoms with E-state index in [1.807, 2.05) is 6.07 Å². The van der Waals surface area contributed by atoms with Gasteiger partial charge in [-0.1, -0.05) is 18.2 Å². The van der Waals surface area contributed by atoms with E-state index in [2.05, 4.69) is 36.0 Å². The fraction of sp³-hybridized carbons (Fsp3) is 0.0476. The predicted molar refractivity (Wildman–Crippen MR) is 111 cm³/mol. The fourth-order valence-corrected chi connectivity index (χ4v) is 3.34. The van der Waals surface area contributed by atoms with E-state index < -0.39 is 17.6 Å². The maximum absolute atomic E-state index is 13.0. The van der Waals surface area contributed by atoms with Crippen LogP contribution in [0.15, 0.2) is 67.0 Å². The number of H-pyrrole nitrogens is 1. The van der Waals surface area contributed by atoms with Gasteiger partial charge in [-0.2, -0.15) is 23.5 Å². The molecular formula is C21H13F3N8O. The van der Waals surface area contributed by atoms with Crippen molar-refractivity contribution in [3.05, 3.63) is 78.1 Å². The summed E-state index contributed by atoms with van der Waals surface area (Å²) in [6, 6.07) is 12.8. The summed E-state index contributed by atoms with van der Waals surface area (Å²) in [5.41, 5.74) is 1.88. The Morgan fingerprint density at radius 1 is 1.06 bits per heavy atom. The summed E-state index contributed by atoms with van der Waals surface area (Å²) in [4.78, 5) is 16.9. The van der Waals surface area contributed by atoms with Gasteiger partial charge in [-0.25, -0.2) is 9.50 Å². The average molecular weight is 450 g/mol. The molecule has 0 bridgehead atoms. The van der Waals surface area contributed by atoms with Gasteiger partial charge in [-0.05, 0) is 41.6 Å². The highest BCUT2D eigenvalue weighted by molar-refractivity contribution is 6.04. The number of carbonyl (C=O) groups is 1. The summed E-state index contributed by atoms with van der Waals surface area (Å²) < 4.78 is 40.5. The zero-order valence-electron chi connectivity index (χ0n) is 16.6. The molecule has 0 atom stereocenters. The highest BCUT2D eigenvalue weighted by Crippen LogP contribution is 2.30. The summed E-state index contributed by atoms with van der Waals surface area (Å²) in [5.74, 6) is -0.312. The van der Waals surface area contributed by atoms with Gasteiger partial charge in [-0.3, -0.25) is 4.79 Å². The quantitative estimate of drug-likeness (QED) is 0.430. The lowest BCUT2D eigenvalue weighted by Gasteiger charge is -2.11. The number of carbonyl (C=O) groups excluding carboxylic acids is 1. The average Bonchev–Trinajstić information content (AvgIpc) is 3.48. The van der Waals surface area contributed by atoms with Crippen LogP contribution in [0.1, 0.15) is 15.9 Å². The first-order valence-corrected chi connectivity index (χ1v) is 9.56. The second-order valence-corrected chi connectivity index (χ2v) is 6.97. The van der Waals surface area contributed by atoms with Crippen molar-refractivity contribution >= 4 is 17.2 Å². The van der Waals surface area contributed by atoms with Crippen LogP contribution >= 0.6 is 0 Å². The molecule has 0 radical (unpaired) electrons. The first-order valence-electron chi connectivity index (χ1n) is 9.56. The number of fused-ring (bicyclic) bond motifs is 1. The highest BCUT2D eigenvalue weighted by Gasteiger charge is 2.30. The lowest BCUT2D eigenvalue weighted by molar-refractivity contribution is -0.137. The van der Waals surface area contributed by atoms with Crippen molar-refractivity contribution in [1.29, 1.82) is 0 Å². The van der Waals surface area contributed by atoms with Crippen molar-refractivity contribution in [1.82, 2.24) is 35.2 Å². The van der Waals surface area contributed by atoms with Crippen LogP contribution in [-0.2, 0) is 6.18 Å². The van der Waals surface area contributed by atoms with Crippen LogP contribution in [0.4, 0.5) is 18.9 Å². The minimum Gasteiger partial charge on any atom is -0.322 e. The van der Waals surface area contributed by atoms with Crippen LogP contribution < -0.4 is 5.32 Å². The number of benzene rings is 2. The standard InChI is InChI=1S/C21H13F3N8O/c22-21(23,24)14-5-1-4-13(9-14)20(33)27-15-6-2-3-12(10-15)17-7-8-25-19-16(11-26-32(17)19)18-28-30-31-29-18/h1-11H,(H,27,33)(H,28,29,30,31). The molecule has 12 heteroatoms. The van der Waals surface area contributed by atoms with Crippen LogP contribution in [0.25, 0.3) is 28.3 Å². The SMILES string of the molecule is O=C(Nc1cccc(-c2ccnc3c(-c4nn[nH]n4)cnn23)c1)c1cccc(C(F)(F)F)c1. The van der Waals surface area contributed by atoms with E-state index in [0.717, 1.165) is 12.1 Å². The van der Waals surface area contributed by atoms with Gasteiger partial charge in [0.05, 0.1) is 23.0 Å². The molecule has 0 aliphatic heterocycles. The Morgan fingerprint density at radius 2 is 1.91 bits per heavy atom. The first kappa shape index (κ1) is 20.3. The van der Waals surface area contributed by atoms with Crippen molar-refractivity contribution in [2.24, 2.45) is 0 Å². The third-order valence-corrected chi connectivity index (χ3v) is 4.86. The third-order valence-electron chi connectivity index (χ3n) is 4.86. The molecule has 5 aromatic rings. The molecule has 0 fully saturated rings. The van der Waals surface area contributed by atoms with E-state index in [1.165, 1.54) is 12.1 Å². The van der Waals surface area contributed by atoms with Crippen molar-refractivity contribution in [2.45, 2.75) is 6.18 Å². The van der Waals surface area contributed by atoms with Gasteiger partial charge in [-0.15, -0.1) is 10.2 Å². The fourth-order valence-electron chi connectivity index (χ4n) is 3.34. The van der Waals surface area contributed by atoms with E-state index in [9.17, 15) is 18.0 Å². The van der Waals surface area contributed by atoms with E-state index in [-0.39, 0.29) is 5.56 Å². The first-order chi connectivity index (χ1) is 15.9. The Balaban J connectivity index is 1.46. The number of aromatic amines is 1.